The SMILES string of the molecule is CC(NC(=O)C(CC(=O)O)NC(=O)OCC1c2ccccc2-c2ccccc21)c1cn(C)nn1. The first-order valence-electron chi connectivity index (χ1n) is 10.8. The summed E-state index contributed by atoms with van der Waals surface area (Å²) >= 11 is 0. The van der Waals surface area contributed by atoms with Crippen LogP contribution >= 0.6 is 0 Å². The third-order valence-electron chi connectivity index (χ3n) is 5.75. The number of alkyl carbamates (subject to hydrolysis) is 1. The Morgan fingerprint density at radius 1 is 1.06 bits per heavy atom. The Hall–Kier alpha value is -4.21. The summed E-state index contributed by atoms with van der Waals surface area (Å²) < 4.78 is 6.93. The number of hydrogen-bond donors (Lipinski definition) is 3. The van der Waals surface area contributed by atoms with Crippen LogP contribution in [-0.2, 0) is 21.4 Å². The number of aromatic nitrogens is 3. The lowest BCUT2D eigenvalue weighted by Crippen LogP contribution is -2.48. The van der Waals surface area contributed by atoms with Crippen LogP contribution in [0.25, 0.3) is 11.1 Å². The normalized spacial score (nSPS) is 13.9. The number of fused-ring (bicyclic) bond motifs is 3. The summed E-state index contributed by atoms with van der Waals surface area (Å²) in [5.41, 5.74) is 4.79. The van der Waals surface area contributed by atoms with E-state index in [1.165, 1.54) is 4.68 Å². The van der Waals surface area contributed by atoms with Gasteiger partial charge in [-0.05, 0) is 29.2 Å². The number of carbonyl (C=O) groups excluding carboxylic acids is 2. The summed E-state index contributed by atoms with van der Waals surface area (Å²) in [5.74, 6) is -2.04. The Morgan fingerprint density at radius 3 is 2.24 bits per heavy atom. The fourth-order valence-electron chi connectivity index (χ4n) is 4.12. The molecule has 2 aromatic carbocycles. The number of benzene rings is 2. The molecule has 1 heterocycles. The average molecular weight is 463 g/mol. The van der Waals surface area contributed by atoms with E-state index in [-0.39, 0.29) is 12.5 Å². The van der Waals surface area contributed by atoms with Gasteiger partial charge < -0.3 is 20.5 Å². The maximum absolute atomic E-state index is 12.7. The Morgan fingerprint density at radius 2 is 1.68 bits per heavy atom. The molecule has 1 aliphatic rings. The van der Waals surface area contributed by atoms with Crippen LogP contribution < -0.4 is 10.6 Å². The van der Waals surface area contributed by atoms with E-state index in [9.17, 15) is 19.5 Å². The highest BCUT2D eigenvalue weighted by Crippen LogP contribution is 2.44. The van der Waals surface area contributed by atoms with Crippen LogP contribution in [0.1, 0.15) is 42.1 Å². The molecule has 1 aliphatic carbocycles. The zero-order valence-corrected chi connectivity index (χ0v) is 18.8. The van der Waals surface area contributed by atoms with Crippen molar-refractivity contribution in [1.29, 1.82) is 0 Å². The largest absolute Gasteiger partial charge is 0.481 e. The van der Waals surface area contributed by atoms with Gasteiger partial charge in [-0.1, -0.05) is 53.7 Å². The third-order valence-corrected chi connectivity index (χ3v) is 5.75. The first-order chi connectivity index (χ1) is 16.3. The minimum atomic E-state index is -1.31. The smallest absolute Gasteiger partial charge is 0.407 e. The molecule has 0 bridgehead atoms. The second kappa shape index (κ2) is 9.74. The van der Waals surface area contributed by atoms with E-state index in [4.69, 9.17) is 4.74 Å². The van der Waals surface area contributed by atoms with E-state index in [0.717, 1.165) is 22.3 Å². The topological polar surface area (TPSA) is 135 Å². The fraction of sp³-hybridized carbons (Fsp3) is 0.292. The molecule has 0 radical (unpaired) electrons. The van der Waals surface area contributed by atoms with Crippen molar-refractivity contribution in [2.45, 2.75) is 31.3 Å². The summed E-state index contributed by atoms with van der Waals surface area (Å²) in [7, 11) is 1.69. The van der Waals surface area contributed by atoms with Crippen molar-refractivity contribution in [3.8, 4) is 11.1 Å². The zero-order valence-electron chi connectivity index (χ0n) is 18.8. The Bertz CT molecular complexity index is 1180. The third kappa shape index (κ3) is 4.90. The van der Waals surface area contributed by atoms with E-state index >= 15 is 0 Å². The summed E-state index contributed by atoms with van der Waals surface area (Å²) in [6.45, 7) is 1.74. The van der Waals surface area contributed by atoms with Crippen LogP contribution in [0.5, 0.6) is 0 Å². The van der Waals surface area contributed by atoms with Gasteiger partial charge in [-0.2, -0.15) is 0 Å². The van der Waals surface area contributed by atoms with Crippen molar-refractivity contribution in [1.82, 2.24) is 25.6 Å². The van der Waals surface area contributed by atoms with Crippen molar-refractivity contribution in [2.24, 2.45) is 7.05 Å². The minimum absolute atomic E-state index is 0.0529. The minimum Gasteiger partial charge on any atom is -0.481 e. The van der Waals surface area contributed by atoms with Gasteiger partial charge in [-0.15, -0.1) is 5.10 Å². The molecule has 3 N–H and O–H groups in total. The quantitative estimate of drug-likeness (QED) is 0.467. The van der Waals surface area contributed by atoms with Crippen molar-refractivity contribution in [2.75, 3.05) is 6.61 Å². The molecule has 2 atom stereocenters. The number of carbonyl (C=O) groups is 3. The number of nitrogens with one attached hydrogen (secondary N) is 2. The number of carboxylic acids is 1. The lowest BCUT2D eigenvalue weighted by molar-refractivity contribution is -0.140. The van der Waals surface area contributed by atoms with Crippen LogP contribution in [0.4, 0.5) is 4.79 Å². The highest BCUT2D eigenvalue weighted by molar-refractivity contribution is 5.89. The molecule has 0 saturated heterocycles. The number of rotatable bonds is 8. The van der Waals surface area contributed by atoms with Gasteiger partial charge in [0.2, 0.25) is 5.91 Å². The van der Waals surface area contributed by atoms with Gasteiger partial charge in [-0.25, -0.2) is 4.79 Å². The Balaban J connectivity index is 1.40. The number of ether oxygens (including phenoxy) is 1. The van der Waals surface area contributed by atoms with Crippen LogP contribution in [0, 0.1) is 0 Å². The van der Waals surface area contributed by atoms with Crippen LogP contribution in [0.2, 0.25) is 0 Å². The summed E-state index contributed by atoms with van der Waals surface area (Å²) in [5, 5.41) is 22.0. The predicted molar refractivity (Wildman–Crippen MR) is 122 cm³/mol. The number of aryl methyl sites for hydroxylation is 1. The molecule has 34 heavy (non-hydrogen) atoms. The molecule has 2 amide bonds. The van der Waals surface area contributed by atoms with Crippen molar-refractivity contribution < 1.29 is 24.2 Å². The van der Waals surface area contributed by atoms with E-state index in [2.05, 4.69) is 20.9 Å². The van der Waals surface area contributed by atoms with Gasteiger partial charge in [-0.3, -0.25) is 14.3 Å². The maximum atomic E-state index is 12.7. The first-order valence-corrected chi connectivity index (χ1v) is 10.8. The first kappa shape index (κ1) is 23.0. The molecular formula is C24H25N5O5. The molecule has 176 valence electrons. The Kier molecular flexibility index (Phi) is 6.58. The van der Waals surface area contributed by atoms with Crippen molar-refractivity contribution in [3.05, 3.63) is 71.5 Å². The summed E-state index contributed by atoms with van der Waals surface area (Å²) in [6.07, 6.45) is 0.176. The molecule has 3 aromatic rings. The van der Waals surface area contributed by atoms with Crippen LogP contribution in [0.3, 0.4) is 0 Å². The van der Waals surface area contributed by atoms with E-state index < -0.39 is 36.5 Å². The second-order valence-corrected chi connectivity index (χ2v) is 8.17. The summed E-state index contributed by atoms with van der Waals surface area (Å²) in [4.78, 5) is 36.5. The Labute approximate surface area is 195 Å². The molecule has 2 unspecified atom stereocenters. The number of carboxylic acid groups (broad SMARTS) is 1. The molecule has 0 saturated carbocycles. The average Bonchev–Trinajstić information content (AvgIpc) is 3.38. The van der Waals surface area contributed by atoms with Gasteiger partial charge in [0.15, 0.2) is 0 Å². The van der Waals surface area contributed by atoms with E-state index in [1.54, 1.807) is 20.2 Å². The van der Waals surface area contributed by atoms with Gasteiger partial charge in [0.05, 0.1) is 18.7 Å². The van der Waals surface area contributed by atoms with Crippen LogP contribution in [0.15, 0.2) is 54.7 Å². The molecular weight excluding hydrogens is 438 g/mol. The standard InChI is InChI=1S/C24H25N5O5/c1-14(21-12-29(2)28-27-21)25-23(32)20(11-22(30)31)26-24(33)34-13-19-17-9-5-3-7-15(17)16-8-4-6-10-18(16)19/h3-10,12,14,19-20H,11,13H2,1-2H3,(H,25,32)(H,26,33)(H,30,31). The van der Waals surface area contributed by atoms with E-state index in [0.29, 0.717) is 5.69 Å². The number of amides is 2. The predicted octanol–water partition coefficient (Wildman–Crippen LogP) is 2.37. The highest BCUT2D eigenvalue weighted by Gasteiger charge is 2.30. The molecule has 0 aliphatic heterocycles. The van der Waals surface area contributed by atoms with Crippen molar-refractivity contribution >= 4 is 18.0 Å². The number of aliphatic carboxylic acids is 1. The van der Waals surface area contributed by atoms with Gasteiger partial charge in [0.25, 0.3) is 0 Å². The van der Waals surface area contributed by atoms with E-state index in [1.807, 2.05) is 48.5 Å². The molecule has 1 aromatic heterocycles. The number of hydrogen-bond acceptors (Lipinski definition) is 6. The number of nitrogens with zero attached hydrogens (tertiary/aromatic N) is 3. The molecule has 0 fully saturated rings. The van der Waals surface area contributed by atoms with Gasteiger partial charge >= 0.3 is 12.1 Å². The second-order valence-electron chi connectivity index (χ2n) is 8.17. The summed E-state index contributed by atoms with van der Waals surface area (Å²) in [6, 6.07) is 14.0. The zero-order chi connectivity index (χ0) is 24.2. The van der Waals surface area contributed by atoms with Crippen molar-refractivity contribution in [3.63, 3.8) is 0 Å². The maximum Gasteiger partial charge on any atom is 0.407 e. The van der Waals surface area contributed by atoms with Crippen LogP contribution in [-0.4, -0.2) is 50.7 Å². The van der Waals surface area contributed by atoms with Gasteiger partial charge in [0.1, 0.15) is 18.3 Å². The lowest BCUT2D eigenvalue weighted by Gasteiger charge is -2.20. The lowest BCUT2D eigenvalue weighted by atomic mass is 9.98. The molecule has 10 nitrogen and oxygen atoms in total. The van der Waals surface area contributed by atoms with Gasteiger partial charge in [0, 0.05) is 13.0 Å². The fourth-order valence-corrected chi connectivity index (χ4v) is 4.12. The molecule has 0 spiro atoms. The monoisotopic (exact) mass is 463 g/mol. The highest BCUT2D eigenvalue weighted by atomic mass is 16.5. The molecule has 4 rings (SSSR count). The molecule has 10 heteroatoms.